The van der Waals surface area contributed by atoms with Crippen LogP contribution < -0.4 is 0 Å². The first kappa shape index (κ1) is 16.3. The lowest BCUT2D eigenvalue weighted by molar-refractivity contribution is 0.284. The lowest BCUT2D eigenvalue weighted by Crippen LogP contribution is -2.24. The van der Waals surface area contributed by atoms with Crippen LogP contribution in [0.1, 0.15) is 59.4 Å². The minimum Gasteiger partial charge on any atom is -0.435 e. The summed E-state index contributed by atoms with van der Waals surface area (Å²) in [5, 5.41) is 9.10. The van der Waals surface area contributed by atoms with Gasteiger partial charge in [0.1, 0.15) is 17.2 Å². The van der Waals surface area contributed by atoms with Gasteiger partial charge in [-0.05, 0) is 41.9 Å². The molecule has 0 saturated carbocycles. The van der Waals surface area contributed by atoms with E-state index in [1.54, 1.807) is 6.08 Å². The minimum absolute atomic E-state index is 0.0597. The van der Waals surface area contributed by atoms with Crippen LogP contribution in [0.5, 0.6) is 0 Å². The Hall–Kier alpha value is -2.08. The molecule has 0 aliphatic carbocycles. The summed E-state index contributed by atoms with van der Waals surface area (Å²) in [7, 11) is 0. The van der Waals surface area contributed by atoms with Crippen molar-refractivity contribution < 1.29 is 4.42 Å². The van der Waals surface area contributed by atoms with Crippen molar-refractivity contribution in [1.82, 2.24) is 4.98 Å². The fraction of sp³-hybridized carbons (Fsp3) is 0.474. The normalized spacial score (nSPS) is 13.4. The predicted octanol–water partition coefficient (Wildman–Crippen LogP) is 5.47. The van der Waals surface area contributed by atoms with Gasteiger partial charge >= 0.3 is 0 Å². The van der Waals surface area contributed by atoms with Crippen molar-refractivity contribution in [3.63, 3.8) is 0 Å². The Morgan fingerprint density at radius 3 is 2.50 bits per heavy atom. The highest BCUT2D eigenvalue weighted by molar-refractivity contribution is 5.80. The van der Waals surface area contributed by atoms with E-state index in [0.717, 1.165) is 17.5 Å². The molecule has 0 amide bonds. The highest BCUT2D eigenvalue weighted by Gasteiger charge is 2.27. The average Bonchev–Trinajstić information content (AvgIpc) is 2.79. The molecule has 1 heterocycles. The molecule has 0 atom stereocenters. The number of oxazole rings is 1. The molecular formula is C19H24N2O. The average molecular weight is 296 g/mol. The second-order valence-corrected chi connectivity index (χ2v) is 7.64. The molecule has 0 unspecified atom stereocenters. The molecule has 1 aromatic carbocycles. The van der Waals surface area contributed by atoms with E-state index in [1.165, 1.54) is 5.56 Å². The topological polar surface area (TPSA) is 49.8 Å². The van der Waals surface area contributed by atoms with Crippen LogP contribution >= 0.6 is 0 Å². The lowest BCUT2D eigenvalue weighted by Gasteiger charge is -2.32. The van der Waals surface area contributed by atoms with Crippen LogP contribution in [0.2, 0.25) is 0 Å². The number of rotatable bonds is 3. The van der Waals surface area contributed by atoms with Crippen LogP contribution in [0.3, 0.4) is 0 Å². The number of benzene rings is 1. The summed E-state index contributed by atoms with van der Waals surface area (Å²) in [4.78, 5) is 4.47. The number of aromatic nitrogens is 1. The maximum Gasteiger partial charge on any atom is 0.237 e. The van der Waals surface area contributed by atoms with E-state index < -0.39 is 0 Å². The van der Waals surface area contributed by atoms with Gasteiger partial charge in [0, 0.05) is 0 Å². The fourth-order valence-electron chi connectivity index (χ4n) is 3.13. The first-order valence-electron chi connectivity index (χ1n) is 7.64. The molecule has 1 aromatic heterocycles. The summed E-state index contributed by atoms with van der Waals surface area (Å²) in [6.45, 7) is 13.1. The van der Waals surface area contributed by atoms with Gasteiger partial charge in [0.15, 0.2) is 5.58 Å². The van der Waals surface area contributed by atoms with Gasteiger partial charge in [0.2, 0.25) is 5.89 Å². The van der Waals surface area contributed by atoms with Crippen LogP contribution in [0.4, 0.5) is 0 Å². The van der Waals surface area contributed by atoms with E-state index in [-0.39, 0.29) is 10.8 Å². The summed E-state index contributed by atoms with van der Waals surface area (Å²) in [6, 6.07) is 8.25. The third-order valence-corrected chi connectivity index (χ3v) is 3.78. The molecule has 0 radical (unpaired) electrons. The molecule has 0 spiro atoms. The second kappa shape index (κ2) is 5.61. The molecule has 0 fully saturated rings. The van der Waals surface area contributed by atoms with Gasteiger partial charge in [-0.15, -0.1) is 0 Å². The molecule has 0 aliphatic heterocycles. The second-order valence-electron chi connectivity index (χ2n) is 7.64. The Kier molecular flexibility index (Phi) is 4.15. The molecular weight excluding hydrogens is 272 g/mol. The lowest BCUT2D eigenvalue weighted by atomic mass is 9.72. The molecule has 3 nitrogen and oxygen atoms in total. The highest BCUT2D eigenvalue weighted by atomic mass is 16.3. The zero-order valence-electron chi connectivity index (χ0n) is 14.3. The van der Waals surface area contributed by atoms with Crippen LogP contribution in [0.15, 0.2) is 28.7 Å². The maximum atomic E-state index is 9.10. The van der Waals surface area contributed by atoms with Crippen LogP contribution in [-0.2, 0) is 5.41 Å². The molecule has 3 heteroatoms. The number of hydrogen-bond donors (Lipinski definition) is 0. The van der Waals surface area contributed by atoms with Crippen LogP contribution in [0, 0.1) is 16.7 Å². The largest absolute Gasteiger partial charge is 0.435 e. The Morgan fingerprint density at radius 2 is 1.95 bits per heavy atom. The van der Waals surface area contributed by atoms with Crippen molar-refractivity contribution in [3.05, 3.63) is 35.7 Å². The van der Waals surface area contributed by atoms with E-state index in [2.05, 4.69) is 57.8 Å². The fourth-order valence-corrected chi connectivity index (χ4v) is 3.13. The van der Waals surface area contributed by atoms with Crippen molar-refractivity contribution in [2.75, 3.05) is 0 Å². The molecule has 116 valence electrons. The zero-order chi connectivity index (χ0) is 16.5. The SMILES string of the molecule is C/C=C(\C#N)c1nc2cc(C(C)(C)CC(C)(C)C)ccc2o1. The van der Waals surface area contributed by atoms with Crippen LogP contribution in [-0.4, -0.2) is 4.98 Å². The number of nitrogens with zero attached hydrogens (tertiary/aromatic N) is 2. The van der Waals surface area contributed by atoms with Crippen LogP contribution in [0.25, 0.3) is 16.7 Å². The molecule has 2 aromatic rings. The summed E-state index contributed by atoms with van der Waals surface area (Å²) in [5.41, 5.74) is 3.56. The van der Waals surface area contributed by atoms with Gasteiger partial charge in [-0.1, -0.05) is 46.8 Å². The first-order chi connectivity index (χ1) is 10.2. The highest BCUT2D eigenvalue weighted by Crippen LogP contribution is 2.37. The Labute approximate surface area is 132 Å². The predicted molar refractivity (Wildman–Crippen MR) is 90.4 cm³/mol. The summed E-state index contributed by atoms with van der Waals surface area (Å²) in [6.07, 6.45) is 2.80. The minimum atomic E-state index is 0.0597. The Balaban J connectivity index is 2.45. The summed E-state index contributed by atoms with van der Waals surface area (Å²) in [5.74, 6) is 0.394. The summed E-state index contributed by atoms with van der Waals surface area (Å²) >= 11 is 0. The van der Waals surface area contributed by atoms with Gasteiger partial charge < -0.3 is 4.42 Å². The van der Waals surface area contributed by atoms with Crippen molar-refractivity contribution in [3.8, 4) is 6.07 Å². The third-order valence-electron chi connectivity index (χ3n) is 3.78. The molecule has 0 bridgehead atoms. The zero-order valence-corrected chi connectivity index (χ0v) is 14.3. The van der Waals surface area contributed by atoms with Crippen molar-refractivity contribution in [2.24, 2.45) is 5.41 Å². The molecule has 2 rings (SSSR count). The quantitative estimate of drug-likeness (QED) is 0.706. The number of hydrogen-bond acceptors (Lipinski definition) is 3. The molecule has 0 saturated heterocycles. The smallest absolute Gasteiger partial charge is 0.237 e. The number of nitriles is 1. The van der Waals surface area contributed by atoms with Crippen molar-refractivity contribution in [2.45, 2.75) is 53.4 Å². The third kappa shape index (κ3) is 3.39. The van der Waals surface area contributed by atoms with E-state index >= 15 is 0 Å². The van der Waals surface area contributed by atoms with Gasteiger partial charge in [-0.3, -0.25) is 0 Å². The van der Waals surface area contributed by atoms with Gasteiger partial charge in [-0.25, -0.2) is 4.98 Å². The van der Waals surface area contributed by atoms with Gasteiger partial charge in [-0.2, -0.15) is 5.26 Å². The van der Waals surface area contributed by atoms with E-state index in [0.29, 0.717) is 11.5 Å². The van der Waals surface area contributed by atoms with Gasteiger partial charge in [0.25, 0.3) is 0 Å². The van der Waals surface area contributed by atoms with Crippen molar-refractivity contribution in [1.29, 1.82) is 5.26 Å². The van der Waals surface area contributed by atoms with E-state index in [4.69, 9.17) is 9.68 Å². The Morgan fingerprint density at radius 1 is 1.27 bits per heavy atom. The van der Waals surface area contributed by atoms with E-state index in [1.807, 2.05) is 13.0 Å². The molecule has 0 N–H and O–H groups in total. The Bertz CT molecular complexity index is 752. The molecule has 0 aliphatic rings. The number of allylic oxidation sites excluding steroid dienone is 2. The first-order valence-corrected chi connectivity index (χ1v) is 7.64. The maximum absolute atomic E-state index is 9.10. The summed E-state index contributed by atoms with van der Waals surface area (Å²) < 4.78 is 5.68. The van der Waals surface area contributed by atoms with Crippen molar-refractivity contribution >= 4 is 16.7 Å². The monoisotopic (exact) mass is 296 g/mol. The number of fused-ring (bicyclic) bond motifs is 1. The van der Waals surface area contributed by atoms with Gasteiger partial charge in [0.05, 0.1) is 0 Å². The van der Waals surface area contributed by atoms with E-state index in [9.17, 15) is 0 Å². The molecule has 22 heavy (non-hydrogen) atoms. The standard InChI is InChI=1S/C19H24N2O/c1-7-13(11-20)17-21-15-10-14(8-9-16(15)22-17)19(5,6)12-18(2,3)4/h7-10H,12H2,1-6H3/b13-7+.